The van der Waals surface area contributed by atoms with Crippen LogP contribution in [0.4, 0.5) is 5.69 Å². The maximum atomic E-state index is 4.02. The minimum Gasteiger partial charge on any atom is -0.383 e. The summed E-state index contributed by atoms with van der Waals surface area (Å²) in [6.07, 6.45) is 0. The number of nitrogens with one attached hydrogen (secondary N) is 3. The Morgan fingerprint density at radius 2 is 2.19 bits per heavy atom. The smallest absolute Gasteiger partial charge is 0.190 e. The predicted molar refractivity (Wildman–Crippen MR) is 73.1 cm³/mol. The normalized spacial score (nSPS) is 11.1. The fourth-order valence-corrected chi connectivity index (χ4v) is 1.66. The minimum absolute atomic E-state index is 0.802. The van der Waals surface area contributed by atoms with E-state index in [9.17, 15) is 0 Å². The van der Waals surface area contributed by atoms with Gasteiger partial charge in [0.25, 0.3) is 0 Å². The van der Waals surface area contributed by atoms with Crippen molar-refractivity contribution in [1.29, 1.82) is 0 Å². The van der Waals surface area contributed by atoms with Crippen LogP contribution in [0.25, 0.3) is 0 Å². The van der Waals surface area contributed by atoms with Gasteiger partial charge in [-0.2, -0.15) is 0 Å². The molecule has 0 heterocycles. The van der Waals surface area contributed by atoms with Gasteiger partial charge in [0, 0.05) is 37.3 Å². The van der Waals surface area contributed by atoms with E-state index in [0.29, 0.717) is 0 Å². The van der Waals surface area contributed by atoms with Gasteiger partial charge in [-0.3, -0.25) is 4.99 Å². The lowest BCUT2D eigenvalue weighted by Crippen LogP contribution is -2.37. The molecule has 1 rings (SSSR count). The molecule has 0 bridgehead atoms. The van der Waals surface area contributed by atoms with Gasteiger partial charge < -0.3 is 16.0 Å². The molecule has 0 aliphatic rings. The number of hydrogen-bond donors (Lipinski definition) is 3. The molecule has 0 amide bonds. The second-order valence-corrected chi connectivity index (χ2v) is 4.10. The van der Waals surface area contributed by atoms with Crippen LogP contribution in [0, 0.1) is 0 Å². The molecule has 0 fully saturated rings. The van der Waals surface area contributed by atoms with Crippen molar-refractivity contribution in [3.63, 3.8) is 0 Å². The maximum Gasteiger partial charge on any atom is 0.190 e. The highest BCUT2D eigenvalue weighted by molar-refractivity contribution is 9.10. The van der Waals surface area contributed by atoms with Crippen LogP contribution in [0.1, 0.15) is 0 Å². The van der Waals surface area contributed by atoms with Gasteiger partial charge in [0.05, 0.1) is 0 Å². The van der Waals surface area contributed by atoms with Crippen LogP contribution >= 0.6 is 15.9 Å². The third-order valence-corrected chi connectivity index (χ3v) is 2.52. The van der Waals surface area contributed by atoms with E-state index in [4.69, 9.17) is 0 Å². The monoisotopic (exact) mass is 284 g/mol. The zero-order chi connectivity index (χ0) is 11.8. The van der Waals surface area contributed by atoms with Crippen LogP contribution in [0.5, 0.6) is 0 Å². The number of halogens is 1. The van der Waals surface area contributed by atoms with Gasteiger partial charge in [-0.05, 0) is 18.2 Å². The molecule has 1 aromatic carbocycles. The van der Waals surface area contributed by atoms with Gasteiger partial charge in [-0.1, -0.05) is 22.0 Å². The first-order valence-corrected chi connectivity index (χ1v) is 5.93. The van der Waals surface area contributed by atoms with E-state index in [0.717, 1.165) is 29.2 Å². The highest BCUT2D eigenvalue weighted by atomic mass is 79.9. The van der Waals surface area contributed by atoms with Crippen molar-refractivity contribution in [2.24, 2.45) is 4.99 Å². The summed E-state index contributed by atoms with van der Waals surface area (Å²) >= 11 is 3.43. The fraction of sp³-hybridized carbons (Fsp3) is 0.364. The molecule has 88 valence electrons. The highest BCUT2D eigenvalue weighted by Crippen LogP contribution is 2.14. The van der Waals surface area contributed by atoms with Crippen molar-refractivity contribution in [2.75, 3.05) is 32.5 Å². The molecule has 1 aromatic rings. The zero-order valence-electron chi connectivity index (χ0n) is 9.55. The van der Waals surface area contributed by atoms with Crippen molar-refractivity contribution in [2.45, 2.75) is 0 Å². The average Bonchev–Trinajstić information content (AvgIpc) is 2.29. The van der Waals surface area contributed by atoms with Crippen molar-refractivity contribution >= 4 is 27.6 Å². The summed E-state index contributed by atoms with van der Waals surface area (Å²) in [5, 5.41) is 9.45. The van der Waals surface area contributed by atoms with Crippen LogP contribution < -0.4 is 16.0 Å². The van der Waals surface area contributed by atoms with Gasteiger partial charge in [0.15, 0.2) is 5.96 Å². The summed E-state index contributed by atoms with van der Waals surface area (Å²) in [5.41, 5.74) is 1.11. The number of anilines is 1. The molecule has 0 saturated heterocycles. The summed E-state index contributed by atoms with van der Waals surface area (Å²) in [7, 11) is 3.59. The van der Waals surface area contributed by atoms with Gasteiger partial charge in [-0.15, -0.1) is 0 Å². The molecule has 0 saturated carbocycles. The van der Waals surface area contributed by atoms with Crippen LogP contribution in [0.15, 0.2) is 33.7 Å². The Labute approximate surface area is 105 Å². The lowest BCUT2D eigenvalue weighted by Gasteiger charge is -2.10. The standard InChI is InChI=1S/C11H17BrN4/c1-13-11(14-2)16-7-6-15-10-5-3-4-9(12)8-10/h3-5,8,15H,6-7H2,1-2H3,(H2,13,14,16). The van der Waals surface area contributed by atoms with Gasteiger partial charge in [0.2, 0.25) is 0 Å². The van der Waals surface area contributed by atoms with E-state index in [-0.39, 0.29) is 0 Å². The van der Waals surface area contributed by atoms with Crippen molar-refractivity contribution < 1.29 is 0 Å². The van der Waals surface area contributed by atoms with Crippen molar-refractivity contribution in [3.05, 3.63) is 28.7 Å². The summed E-state index contributed by atoms with van der Waals surface area (Å²) in [5.74, 6) is 0.802. The Morgan fingerprint density at radius 3 is 2.81 bits per heavy atom. The topological polar surface area (TPSA) is 48.5 Å². The number of guanidine groups is 1. The molecular formula is C11H17BrN4. The van der Waals surface area contributed by atoms with E-state index in [1.54, 1.807) is 7.05 Å². The molecule has 3 N–H and O–H groups in total. The molecule has 16 heavy (non-hydrogen) atoms. The first kappa shape index (κ1) is 12.8. The Morgan fingerprint density at radius 1 is 1.38 bits per heavy atom. The number of rotatable bonds is 4. The van der Waals surface area contributed by atoms with Crippen LogP contribution in [-0.2, 0) is 0 Å². The SMILES string of the molecule is CN=C(NC)NCCNc1cccc(Br)c1. The molecule has 0 aliphatic carbocycles. The summed E-state index contributed by atoms with van der Waals surface area (Å²) in [6, 6.07) is 8.10. The molecule has 0 atom stereocenters. The van der Waals surface area contributed by atoms with Gasteiger partial charge in [-0.25, -0.2) is 0 Å². The molecule has 0 spiro atoms. The largest absolute Gasteiger partial charge is 0.383 e. The van der Waals surface area contributed by atoms with Gasteiger partial charge >= 0.3 is 0 Å². The first-order chi connectivity index (χ1) is 7.76. The maximum absolute atomic E-state index is 4.02. The summed E-state index contributed by atoms with van der Waals surface area (Å²) in [4.78, 5) is 4.02. The second-order valence-electron chi connectivity index (χ2n) is 3.19. The highest BCUT2D eigenvalue weighted by Gasteiger charge is 1.94. The van der Waals surface area contributed by atoms with Crippen molar-refractivity contribution in [3.8, 4) is 0 Å². The molecule has 5 heteroatoms. The predicted octanol–water partition coefficient (Wildman–Crippen LogP) is 1.66. The van der Waals surface area contributed by atoms with E-state index in [1.807, 2.05) is 31.3 Å². The lowest BCUT2D eigenvalue weighted by molar-refractivity contribution is 0.866. The Kier molecular flexibility index (Phi) is 5.71. The molecular weight excluding hydrogens is 268 g/mol. The molecule has 0 aliphatic heterocycles. The third kappa shape index (κ3) is 4.53. The third-order valence-electron chi connectivity index (χ3n) is 2.03. The molecule has 0 radical (unpaired) electrons. The summed E-state index contributed by atoms with van der Waals surface area (Å²) < 4.78 is 1.08. The Balaban J connectivity index is 2.26. The molecule has 0 unspecified atom stereocenters. The van der Waals surface area contributed by atoms with Crippen molar-refractivity contribution in [1.82, 2.24) is 10.6 Å². The number of hydrogen-bond acceptors (Lipinski definition) is 2. The van der Waals surface area contributed by atoms with E-state index in [1.165, 1.54) is 0 Å². The average molecular weight is 285 g/mol. The van der Waals surface area contributed by atoms with E-state index >= 15 is 0 Å². The quantitative estimate of drug-likeness (QED) is 0.448. The van der Waals surface area contributed by atoms with E-state index in [2.05, 4.69) is 36.9 Å². The van der Waals surface area contributed by atoms with Crippen LogP contribution in [0.3, 0.4) is 0 Å². The van der Waals surface area contributed by atoms with E-state index < -0.39 is 0 Å². The summed E-state index contributed by atoms with van der Waals surface area (Å²) in [6.45, 7) is 1.66. The molecule has 4 nitrogen and oxygen atoms in total. The fourth-order valence-electron chi connectivity index (χ4n) is 1.27. The Bertz CT molecular complexity index is 352. The van der Waals surface area contributed by atoms with Gasteiger partial charge in [0.1, 0.15) is 0 Å². The number of benzene rings is 1. The number of nitrogens with zero attached hydrogens (tertiary/aromatic N) is 1. The number of aliphatic imine (C=N–C) groups is 1. The lowest BCUT2D eigenvalue weighted by atomic mass is 10.3. The Hall–Kier alpha value is -1.23. The first-order valence-electron chi connectivity index (χ1n) is 5.14. The zero-order valence-corrected chi connectivity index (χ0v) is 11.1. The van der Waals surface area contributed by atoms with Crippen LogP contribution in [0.2, 0.25) is 0 Å². The van der Waals surface area contributed by atoms with Crippen LogP contribution in [-0.4, -0.2) is 33.1 Å². The second kappa shape index (κ2) is 7.11. The minimum atomic E-state index is 0.802. The molecule has 0 aromatic heterocycles.